The summed E-state index contributed by atoms with van der Waals surface area (Å²) in [5, 5.41) is 12.1. The Labute approximate surface area is 171 Å². The molecule has 0 heterocycles. The minimum atomic E-state index is 0.471. The van der Waals surface area contributed by atoms with Crippen LogP contribution in [0.15, 0.2) is 91.0 Å². The summed E-state index contributed by atoms with van der Waals surface area (Å²) in [4.78, 5) is 0. The molecule has 0 aliphatic carbocycles. The Morgan fingerprint density at radius 3 is 2.41 bits per heavy atom. The van der Waals surface area contributed by atoms with Crippen LogP contribution >= 0.6 is 0 Å². The number of hydrogen-bond donors (Lipinski definition) is 0. The highest BCUT2D eigenvalue weighted by Gasteiger charge is 2.07. The van der Waals surface area contributed by atoms with Crippen LogP contribution in [-0.4, -0.2) is 0 Å². The van der Waals surface area contributed by atoms with Crippen LogP contribution in [0, 0.1) is 18.3 Å². The molecule has 0 fully saturated rings. The molecule has 140 valence electrons. The number of aryl methyl sites for hydroxylation is 1. The van der Waals surface area contributed by atoms with E-state index in [0.29, 0.717) is 12.2 Å². The number of allylic oxidation sites excluding steroid dienone is 1. The predicted molar refractivity (Wildman–Crippen MR) is 119 cm³/mol. The SMILES string of the molecule is Cc1ccc(/C(C#N)=C\c2ccccc2OCc2cccc3ccccc23)cc1. The van der Waals surface area contributed by atoms with Crippen LogP contribution in [0.5, 0.6) is 5.75 Å². The lowest BCUT2D eigenvalue weighted by Crippen LogP contribution is -1.98. The number of nitrogens with zero attached hydrogens (tertiary/aromatic N) is 1. The van der Waals surface area contributed by atoms with Crippen LogP contribution < -0.4 is 4.74 Å². The maximum absolute atomic E-state index is 9.67. The van der Waals surface area contributed by atoms with Crippen molar-refractivity contribution in [2.45, 2.75) is 13.5 Å². The maximum atomic E-state index is 9.67. The molecule has 0 radical (unpaired) electrons. The Morgan fingerprint density at radius 2 is 1.59 bits per heavy atom. The van der Waals surface area contributed by atoms with Gasteiger partial charge in [0.2, 0.25) is 0 Å². The molecule has 0 spiro atoms. The molecule has 0 saturated heterocycles. The van der Waals surface area contributed by atoms with E-state index >= 15 is 0 Å². The number of para-hydroxylation sites is 1. The highest BCUT2D eigenvalue weighted by molar-refractivity contribution is 5.90. The average Bonchev–Trinajstić information content (AvgIpc) is 2.77. The predicted octanol–water partition coefficient (Wildman–Crippen LogP) is 6.79. The van der Waals surface area contributed by atoms with Gasteiger partial charge >= 0.3 is 0 Å². The standard InChI is InChI=1S/C27H21NO/c1-20-13-15-21(16-14-20)25(18-28)17-23-8-3-5-12-27(23)29-19-24-10-6-9-22-7-2-4-11-26(22)24/h2-17H,19H2,1H3/b25-17-. The number of benzene rings is 4. The van der Waals surface area contributed by atoms with Crippen LogP contribution in [0.25, 0.3) is 22.4 Å². The fraction of sp³-hybridized carbons (Fsp3) is 0.0741. The van der Waals surface area contributed by atoms with E-state index in [1.165, 1.54) is 16.3 Å². The molecule has 0 aromatic heterocycles. The molecule has 0 unspecified atom stereocenters. The number of rotatable bonds is 5. The third kappa shape index (κ3) is 4.20. The van der Waals surface area contributed by atoms with Crippen molar-refractivity contribution >= 4 is 22.4 Å². The Kier molecular flexibility index (Phi) is 5.40. The molecule has 0 atom stereocenters. The number of ether oxygens (including phenoxy) is 1. The Hall–Kier alpha value is -3.83. The molecule has 0 bridgehead atoms. The van der Waals surface area contributed by atoms with Crippen molar-refractivity contribution in [3.05, 3.63) is 113 Å². The van der Waals surface area contributed by atoms with E-state index in [2.05, 4.69) is 36.4 Å². The molecular formula is C27H21NO. The van der Waals surface area contributed by atoms with Gasteiger partial charge in [0.25, 0.3) is 0 Å². The molecule has 2 nitrogen and oxygen atoms in total. The lowest BCUT2D eigenvalue weighted by molar-refractivity contribution is 0.307. The van der Waals surface area contributed by atoms with Gasteiger partial charge in [-0.2, -0.15) is 5.26 Å². The van der Waals surface area contributed by atoms with Crippen molar-refractivity contribution in [3.8, 4) is 11.8 Å². The zero-order valence-corrected chi connectivity index (χ0v) is 16.3. The molecule has 0 amide bonds. The van der Waals surface area contributed by atoms with Crippen LogP contribution in [-0.2, 0) is 6.61 Å². The summed E-state index contributed by atoms with van der Waals surface area (Å²) in [6.45, 7) is 2.51. The fourth-order valence-electron chi connectivity index (χ4n) is 3.37. The smallest absolute Gasteiger partial charge is 0.127 e. The van der Waals surface area contributed by atoms with E-state index in [9.17, 15) is 5.26 Å². The first kappa shape index (κ1) is 18.5. The van der Waals surface area contributed by atoms with Crippen molar-refractivity contribution in [2.24, 2.45) is 0 Å². The lowest BCUT2D eigenvalue weighted by atomic mass is 10.0. The first-order valence-electron chi connectivity index (χ1n) is 9.62. The van der Waals surface area contributed by atoms with Gasteiger partial charge in [-0.25, -0.2) is 0 Å². The highest BCUT2D eigenvalue weighted by Crippen LogP contribution is 2.27. The van der Waals surface area contributed by atoms with E-state index in [1.807, 2.05) is 73.7 Å². The van der Waals surface area contributed by atoms with Crippen molar-refractivity contribution in [1.82, 2.24) is 0 Å². The first-order valence-corrected chi connectivity index (χ1v) is 9.62. The Bertz CT molecular complexity index is 1210. The van der Waals surface area contributed by atoms with Crippen LogP contribution in [0.4, 0.5) is 0 Å². The second kappa shape index (κ2) is 8.46. The van der Waals surface area contributed by atoms with Gasteiger partial charge in [-0.1, -0.05) is 90.5 Å². The second-order valence-corrected chi connectivity index (χ2v) is 7.00. The Morgan fingerprint density at radius 1 is 0.862 bits per heavy atom. The fourth-order valence-corrected chi connectivity index (χ4v) is 3.37. The van der Waals surface area contributed by atoms with Crippen LogP contribution in [0.2, 0.25) is 0 Å². The van der Waals surface area contributed by atoms with E-state index in [0.717, 1.165) is 22.4 Å². The summed E-state index contributed by atoms with van der Waals surface area (Å²) in [6, 6.07) is 32.7. The molecule has 2 heteroatoms. The Balaban J connectivity index is 1.63. The summed E-state index contributed by atoms with van der Waals surface area (Å²) in [5.74, 6) is 0.764. The summed E-state index contributed by atoms with van der Waals surface area (Å²) in [7, 11) is 0. The van der Waals surface area contributed by atoms with Crippen molar-refractivity contribution in [1.29, 1.82) is 5.26 Å². The van der Waals surface area contributed by atoms with Crippen molar-refractivity contribution < 1.29 is 4.74 Å². The minimum Gasteiger partial charge on any atom is -0.488 e. The van der Waals surface area contributed by atoms with Gasteiger partial charge in [0.15, 0.2) is 0 Å². The van der Waals surface area contributed by atoms with Gasteiger partial charge in [-0.3, -0.25) is 0 Å². The van der Waals surface area contributed by atoms with Gasteiger partial charge in [0.1, 0.15) is 12.4 Å². The molecule has 4 aromatic rings. The molecular weight excluding hydrogens is 354 g/mol. The first-order chi connectivity index (χ1) is 14.2. The highest BCUT2D eigenvalue weighted by atomic mass is 16.5. The molecule has 0 aliphatic heterocycles. The quantitative estimate of drug-likeness (QED) is 0.284. The summed E-state index contributed by atoms with van der Waals surface area (Å²) < 4.78 is 6.18. The lowest BCUT2D eigenvalue weighted by Gasteiger charge is -2.12. The number of hydrogen-bond acceptors (Lipinski definition) is 2. The summed E-state index contributed by atoms with van der Waals surface area (Å²) in [6.07, 6.45) is 1.89. The summed E-state index contributed by atoms with van der Waals surface area (Å²) >= 11 is 0. The average molecular weight is 375 g/mol. The van der Waals surface area contributed by atoms with Gasteiger partial charge in [-0.15, -0.1) is 0 Å². The third-order valence-corrected chi connectivity index (χ3v) is 4.96. The van der Waals surface area contributed by atoms with Gasteiger partial charge in [0, 0.05) is 5.56 Å². The number of fused-ring (bicyclic) bond motifs is 1. The maximum Gasteiger partial charge on any atom is 0.127 e. The van der Waals surface area contributed by atoms with Gasteiger partial charge in [-0.05, 0) is 41.0 Å². The van der Waals surface area contributed by atoms with E-state index in [1.54, 1.807) is 0 Å². The zero-order chi connectivity index (χ0) is 20.1. The van der Waals surface area contributed by atoms with Crippen molar-refractivity contribution in [3.63, 3.8) is 0 Å². The molecule has 0 saturated carbocycles. The number of nitriles is 1. The van der Waals surface area contributed by atoms with Crippen LogP contribution in [0.3, 0.4) is 0 Å². The van der Waals surface area contributed by atoms with E-state index in [-0.39, 0.29) is 0 Å². The monoisotopic (exact) mass is 375 g/mol. The van der Waals surface area contributed by atoms with E-state index < -0.39 is 0 Å². The van der Waals surface area contributed by atoms with Gasteiger partial charge < -0.3 is 4.74 Å². The van der Waals surface area contributed by atoms with Gasteiger partial charge in [0.05, 0.1) is 11.6 Å². The molecule has 4 rings (SSSR count). The topological polar surface area (TPSA) is 33.0 Å². The van der Waals surface area contributed by atoms with Crippen molar-refractivity contribution in [2.75, 3.05) is 0 Å². The minimum absolute atomic E-state index is 0.471. The molecule has 0 aliphatic rings. The normalized spacial score (nSPS) is 11.2. The largest absolute Gasteiger partial charge is 0.488 e. The summed E-state index contributed by atoms with van der Waals surface area (Å²) in [5.41, 5.74) is 4.73. The zero-order valence-electron chi connectivity index (χ0n) is 16.3. The van der Waals surface area contributed by atoms with Crippen LogP contribution in [0.1, 0.15) is 22.3 Å². The molecule has 4 aromatic carbocycles. The second-order valence-electron chi connectivity index (χ2n) is 7.00. The molecule has 29 heavy (non-hydrogen) atoms. The molecule has 0 N–H and O–H groups in total. The third-order valence-electron chi connectivity index (χ3n) is 4.96. The van der Waals surface area contributed by atoms with E-state index in [4.69, 9.17) is 4.74 Å².